The van der Waals surface area contributed by atoms with Gasteiger partial charge in [0.15, 0.2) is 0 Å². The normalized spacial score (nSPS) is 28.7. The summed E-state index contributed by atoms with van der Waals surface area (Å²) >= 11 is 0. The highest BCUT2D eigenvalue weighted by atomic mass is 16.5. The lowest BCUT2D eigenvalue weighted by atomic mass is 9.74. The van der Waals surface area contributed by atoms with E-state index in [0.29, 0.717) is 6.42 Å². The number of ether oxygens (including phenoxy) is 3. The third-order valence-corrected chi connectivity index (χ3v) is 6.99. The number of amides is 1. The summed E-state index contributed by atoms with van der Waals surface area (Å²) in [5, 5.41) is 0. The number of hydrogen-bond acceptors (Lipinski definition) is 4. The molecule has 3 aliphatic rings. The van der Waals surface area contributed by atoms with Crippen molar-refractivity contribution in [1.29, 1.82) is 0 Å². The fraction of sp³-hybridized carbons (Fsp3) is 0.480. The van der Waals surface area contributed by atoms with Crippen molar-refractivity contribution in [3.63, 3.8) is 0 Å². The van der Waals surface area contributed by atoms with E-state index in [4.69, 9.17) is 14.2 Å². The predicted octanol–water partition coefficient (Wildman–Crippen LogP) is 4.16. The lowest BCUT2D eigenvalue weighted by molar-refractivity contribution is -0.167. The van der Waals surface area contributed by atoms with Crippen LogP contribution in [-0.2, 0) is 16.0 Å². The molecule has 0 aliphatic carbocycles. The molecule has 5 rings (SSSR count). The minimum absolute atomic E-state index is 0.0304. The molecule has 2 saturated heterocycles. The Morgan fingerprint density at radius 3 is 2.70 bits per heavy atom. The Labute approximate surface area is 177 Å². The molecule has 3 aliphatic heterocycles. The van der Waals surface area contributed by atoms with Crippen LogP contribution in [0, 0.1) is 5.92 Å². The highest BCUT2D eigenvalue weighted by molar-refractivity contribution is 5.79. The van der Waals surface area contributed by atoms with E-state index in [1.807, 2.05) is 47.4 Å². The largest absolute Gasteiger partial charge is 0.497 e. The molecule has 0 aromatic heterocycles. The highest BCUT2D eigenvalue weighted by Gasteiger charge is 2.53. The summed E-state index contributed by atoms with van der Waals surface area (Å²) in [4.78, 5) is 15.2. The van der Waals surface area contributed by atoms with Gasteiger partial charge in [-0.25, -0.2) is 0 Å². The van der Waals surface area contributed by atoms with Crippen LogP contribution in [0.25, 0.3) is 0 Å². The van der Waals surface area contributed by atoms with Gasteiger partial charge in [-0.3, -0.25) is 4.79 Å². The molecule has 158 valence electrons. The maximum Gasteiger partial charge on any atom is 0.227 e. The third kappa shape index (κ3) is 3.25. The van der Waals surface area contributed by atoms with E-state index in [9.17, 15) is 4.79 Å². The van der Waals surface area contributed by atoms with Crippen LogP contribution < -0.4 is 9.47 Å². The van der Waals surface area contributed by atoms with E-state index < -0.39 is 0 Å². The summed E-state index contributed by atoms with van der Waals surface area (Å²) in [5.74, 6) is 2.11. The van der Waals surface area contributed by atoms with Crippen LogP contribution in [0.4, 0.5) is 0 Å². The molecule has 0 saturated carbocycles. The lowest BCUT2D eigenvalue weighted by Gasteiger charge is -2.50. The first kappa shape index (κ1) is 19.4. The van der Waals surface area contributed by atoms with Gasteiger partial charge in [0.25, 0.3) is 0 Å². The van der Waals surface area contributed by atoms with Gasteiger partial charge in [-0.15, -0.1) is 0 Å². The second kappa shape index (κ2) is 7.31. The van der Waals surface area contributed by atoms with Crippen molar-refractivity contribution in [2.75, 3.05) is 13.7 Å². The summed E-state index contributed by atoms with van der Waals surface area (Å²) in [6.45, 7) is 5.04. The summed E-state index contributed by atoms with van der Waals surface area (Å²) in [7, 11) is 1.65. The predicted molar refractivity (Wildman–Crippen MR) is 114 cm³/mol. The van der Waals surface area contributed by atoms with Crippen molar-refractivity contribution < 1.29 is 19.0 Å². The fourth-order valence-corrected chi connectivity index (χ4v) is 5.37. The van der Waals surface area contributed by atoms with Gasteiger partial charge < -0.3 is 19.1 Å². The van der Waals surface area contributed by atoms with Crippen LogP contribution in [-0.4, -0.2) is 42.2 Å². The number of likely N-dealkylation sites (tertiary alicyclic amines) is 1. The van der Waals surface area contributed by atoms with Gasteiger partial charge in [0.2, 0.25) is 5.91 Å². The molecule has 5 nitrogen and oxygen atoms in total. The molecule has 2 aromatic carbocycles. The van der Waals surface area contributed by atoms with E-state index in [1.165, 1.54) is 0 Å². The molecule has 4 atom stereocenters. The molecule has 2 aromatic rings. The summed E-state index contributed by atoms with van der Waals surface area (Å²) in [5.41, 5.74) is 1.81. The molecule has 0 unspecified atom stereocenters. The second-order valence-electron chi connectivity index (χ2n) is 9.15. The Balaban J connectivity index is 1.35. The Kier molecular flexibility index (Phi) is 4.73. The van der Waals surface area contributed by atoms with Crippen molar-refractivity contribution in [2.24, 2.45) is 5.92 Å². The first-order valence-electron chi connectivity index (χ1n) is 10.8. The van der Waals surface area contributed by atoms with Crippen LogP contribution in [0.2, 0.25) is 0 Å². The SMILES string of the molecule is COc1ccc(CC(=O)N2CC[C@H]3O[C@H]4c5ccccc5OC(C)(C)[C@@H]4C[C@H]32)cc1. The second-order valence-corrected chi connectivity index (χ2v) is 9.15. The minimum Gasteiger partial charge on any atom is -0.497 e. The Hall–Kier alpha value is -2.53. The van der Waals surface area contributed by atoms with Gasteiger partial charge in [-0.05, 0) is 50.5 Å². The maximum atomic E-state index is 13.2. The zero-order valence-electron chi connectivity index (χ0n) is 17.8. The number of benzene rings is 2. The zero-order chi connectivity index (χ0) is 20.9. The zero-order valence-corrected chi connectivity index (χ0v) is 17.8. The van der Waals surface area contributed by atoms with Crippen molar-refractivity contribution in [3.8, 4) is 11.5 Å². The molecule has 5 heteroatoms. The average molecular weight is 408 g/mol. The maximum absolute atomic E-state index is 13.2. The lowest BCUT2D eigenvalue weighted by Crippen LogP contribution is -2.54. The topological polar surface area (TPSA) is 48.0 Å². The molecule has 0 bridgehead atoms. The number of hydrogen-bond donors (Lipinski definition) is 0. The number of carbonyl (C=O) groups excluding carboxylic acids is 1. The highest BCUT2D eigenvalue weighted by Crippen LogP contribution is 2.52. The van der Waals surface area contributed by atoms with Gasteiger partial charge in [0, 0.05) is 18.0 Å². The van der Waals surface area contributed by atoms with Gasteiger partial charge in [0.05, 0.1) is 31.8 Å². The van der Waals surface area contributed by atoms with Crippen molar-refractivity contribution in [3.05, 3.63) is 59.7 Å². The molecule has 1 amide bonds. The number of nitrogens with zero attached hydrogens (tertiary/aromatic N) is 1. The van der Waals surface area contributed by atoms with Gasteiger partial charge >= 0.3 is 0 Å². The summed E-state index contributed by atoms with van der Waals surface area (Å²) < 4.78 is 18.2. The van der Waals surface area contributed by atoms with Crippen LogP contribution in [0.5, 0.6) is 11.5 Å². The average Bonchev–Trinajstić information content (AvgIpc) is 3.16. The molecule has 3 heterocycles. The summed E-state index contributed by atoms with van der Waals surface area (Å²) in [6, 6.07) is 16.1. The van der Waals surface area contributed by atoms with Crippen molar-refractivity contribution >= 4 is 5.91 Å². The minimum atomic E-state index is -0.336. The number of methoxy groups -OCH3 is 1. The van der Waals surface area contributed by atoms with Crippen molar-refractivity contribution in [1.82, 2.24) is 4.90 Å². The Bertz CT molecular complexity index is 938. The smallest absolute Gasteiger partial charge is 0.227 e. The number of rotatable bonds is 3. The molecule has 0 N–H and O–H groups in total. The molecular weight excluding hydrogens is 378 g/mol. The number of carbonyl (C=O) groups is 1. The Morgan fingerprint density at radius 1 is 1.17 bits per heavy atom. The third-order valence-electron chi connectivity index (χ3n) is 6.99. The van der Waals surface area contributed by atoms with E-state index >= 15 is 0 Å². The first-order chi connectivity index (χ1) is 14.5. The molecule has 30 heavy (non-hydrogen) atoms. The quantitative estimate of drug-likeness (QED) is 0.767. The Morgan fingerprint density at radius 2 is 1.93 bits per heavy atom. The van der Waals surface area contributed by atoms with Crippen LogP contribution in [0.1, 0.15) is 43.9 Å². The first-order valence-corrected chi connectivity index (χ1v) is 10.8. The molecule has 0 radical (unpaired) electrons. The van der Waals surface area contributed by atoms with E-state index in [0.717, 1.165) is 42.0 Å². The standard InChI is InChI=1S/C25H29NO4/c1-25(2)19-15-20-22(29-24(19)18-6-4-5-7-21(18)30-25)12-13-26(20)23(27)14-16-8-10-17(28-3)11-9-16/h4-11,19-20,22,24H,12-15H2,1-3H3/t19-,20-,22-,24+/m1/s1. The van der Waals surface area contributed by atoms with Gasteiger partial charge in [0.1, 0.15) is 17.1 Å². The van der Waals surface area contributed by atoms with Gasteiger partial charge in [-0.1, -0.05) is 30.3 Å². The van der Waals surface area contributed by atoms with E-state index in [1.54, 1.807) is 7.11 Å². The number of para-hydroxylation sites is 1. The van der Waals surface area contributed by atoms with E-state index in [-0.39, 0.29) is 35.7 Å². The summed E-state index contributed by atoms with van der Waals surface area (Å²) in [6.07, 6.45) is 2.33. The molecule has 0 spiro atoms. The van der Waals surface area contributed by atoms with Gasteiger partial charge in [-0.2, -0.15) is 0 Å². The monoisotopic (exact) mass is 407 g/mol. The van der Waals surface area contributed by atoms with Crippen LogP contribution in [0.15, 0.2) is 48.5 Å². The molecular formula is C25H29NO4. The van der Waals surface area contributed by atoms with E-state index in [2.05, 4.69) is 19.9 Å². The van der Waals surface area contributed by atoms with Crippen molar-refractivity contribution in [2.45, 2.75) is 57.0 Å². The molecule has 2 fully saturated rings. The van der Waals surface area contributed by atoms with Crippen LogP contribution in [0.3, 0.4) is 0 Å². The number of fused-ring (bicyclic) bond motifs is 4. The van der Waals surface area contributed by atoms with Crippen LogP contribution >= 0.6 is 0 Å². The fourth-order valence-electron chi connectivity index (χ4n) is 5.37.